The summed E-state index contributed by atoms with van der Waals surface area (Å²) in [4.78, 5) is 53.5. The number of rotatable bonds is 2. The number of urea groups is 1. The molecule has 1 aromatic rings. The van der Waals surface area contributed by atoms with Gasteiger partial charge in [0.1, 0.15) is 17.4 Å². The molecule has 28 heavy (non-hydrogen) atoms. The number of benzene rings is 1. The highest BCUT2D eigenvalue weighted by molar-refractivity contribution is 6.13. The Labute approximate surface area is 162 Å². The summed E-state index contributed by atoms with van der Waals surface area (Å²) in [5.74, 6) is -1.29. The fraction of sp³-hybridized carbons (Fsp3) is 0.474. The van der Waals surface area contributed by atoms with E-state index >= 15 is 0 Å². The molecular formula is C19H23N3O6. The van der Waals surface area contributed by atoms with E-state index in [-0.39, 0.29) is 31.2 Å². The molecule has 1 unspecified atom stereocenters. The molecule has 2 aliphatic rings. The highest BCUT2D eigenvalue weighted by atomic mass is 16.6. The molecule has 0 radical (unpaired) electrons. The van der Waals surface area contributed by atoms with Gasteiger partial charge in [0.15, 0.2) is 0 Å². The van der Waals surface area contributed by atoms with Crippen molar-refractivity contribution < 1.29 is 29.0 Å². The van der Waals surface area contributed by atoms with Crippen molar-refractivity contribution in [2.45, 2.75) is 45.3 Å². The largest absolute Gasteiger partial charge is 0.508 e. The van der Waals surface area contributed by atoms with Crippen LogP contribution in [0.5, 0.6) is 5.75 Å². The molecule has 1 atom stereocenters. The predicted molar refractivity (Wildman–Crippen MR) is 98.7 cm³/mol. The molecule has 3 rings (SSSR count). The first-order valence-corrected chi connectivity index (χ1v) is 9.05. The van der Waals surface area contributed by atoms with E-state index in [9.17, 15) is 24.3 Å². The third-order valence-corrected chi connectivity index (χ3v) is 4.54. The van der Waals surface area contributed by atoms with Gasteiger partial charge in [-0.15, -0.1) is 0 Å². The van der Waals surface area contributed by atoms with Crippen LogP contribution in [0.3, 0.4) is 0 Å². The number of anilines is 1. The maximum atomic E-state index is 12.8. The SMILES string of the molecule is CC(C)(C)OC(=O)N1C(=O)CCC(N2CCN(c3ccc(O)cc3)C2=O)C1=O. The van der Waals surface area contributed by atoms with E-state index in [0.29, 0.717) is 17.1 Å². The Bertz CT molecular complexity index is 814. The Morgan fingerprint density at radius 1 is 1.11 bits per heavy atom. The summed E-state index contributed by atoms with van der Waals surface area (Å²) >= 11 is 0. The number of phenols is 1. The highest BCUT2D eigenvalue weighted by Crippen LogP contribution is 2.28. The quantitative estimate of drug-likeness (QED) is 0.776. The number of amides is 5. The third-order valence-electron chi connectivity index (χ3n) is 4.54. The Hall–Kier alpha value is -3.10. The van der Waals surface area contributed by atoms with Crippen molar-refractivity contribution in [2.24, 2.45) is 0 Å². The van der Waals surface area contributed by atoms with E-state index in [1.807, 2.05) is 0 Å². The molecule has 150 valence electrons. The molecule has 0 saturated carbocycles. The third kappa shape index (κ3) is 3.78. The minimum absolute atomic E-state index is 0.0291. The molecule has 0 spiro atoms. The molecule has 0 aromatic heterocycles. The fourth-order valence-corrected chi connectivity index (χ4v) is 3.27. The minimum atomic E-state index is -1.02. The average molecular weight is 389 g/mol. The molecule has 5 amide bonds. The van der Waals surface area contributed by atoms with Crippen LogP contribution >= 0.6 is 0 Å². The second kappa shape index (κ2) is 7.14. The second-order valence-electron chi connectivity index (χ2n) is 7.75. The van der Waals surface area contributed by atoms with E-state index in [4.69, 9.17) is 4.74 Å². The predicted octanol–water partition coefficient (Wildman–Crippen LogP) is 2.09. The number of carbonyl (C=O) groups excluding carboxylic acids is 4. The summed E-state index contributed by atoms with van der Waals surface area (Å²) in [7, 11) is 0. The monoisotopic (exact) mass is 389 g/mol. The van der Waals surface area contributed by atoms with Gasteiger partial charge in [0.2, 0.25) is 5.91 Å². The standard InChI is InChI=1S/C19H23N3O6/c1-19(2,3)28-18(27)22-15(24)9-8-14(16(22)25)21-11-10-20(17(21)26)12-4-6-13(23)7-5-12/h4-7,14,23H,8-11H2,1-3H3. The number of imide groups is 3. The molecule has 2 fully saturated rings. The molecular weight excluding hydrogens is 366 g/mol. The zero-order valence-corrected chi connectivity index (χ0v) is 16.0. The van der Waals surface area contributed by atoms with E-state index in [0.717, 1.165) is 0 Å². The molecule has 0 aliphatic carbocycles. The van der Waals surface area contributed by atoms with Crippen LogP contribution < -0.4 is 4.90 Å². The lowest BCUT2D eigenvalue weighted by molar-refractivity contribution is -0.150. The molecule has 2 heterocycles. The number of ether oxygens (including phenoxy) is 1. The van der Waals surface area contributed by atoms with Gasteiger partial charge in [0.05, 0.1) is 0 Å². The molecule has 2 saturated heterocycles. The Morgan fingerprint density at radius 2 is 1.75 bits per heavy atom. The van der Waals surface area contributed by atoms with Crippen LogP contribution in [0, 0.1) is 0 Å². The van der Waals surface area contributed by atoms with Gasteiger partial charge in [-0.25, -0.2) is 9.59 Å². The average Bonchev–Trinajstić information content (AvgIpc) is 2.96. The summed E-state index contributed by atoms with van der Waals surface area (Å²) in [6.07, 6.45) is -0.890. The van der Waals surface area contributed by atoms with Crippen LogP contribution in [0.25, 0.3) is 0 Å². The number of hydrogen-bond acceptors (Lipinski definition) is 6. The summed E-state index contributed by atoms with van der Waals surface area (Å²) in [6.45, 7) is 5.56. The zero-order valence-electron chi connectivity index (χ0n) is 16.0. The van der Waals surface area contributed by atoms with Gasteiger partial charge in [-0.3, -0.25) is 14.5 Å². The van der Waals surface area contributed by atoms with E-state index in [1.165, 1.54) is 21.9 Å². The Morgan fingerprint density at radius 3 is 2.36 bits per heavy atom. The summed E-state index contributed by atoms with van der Waals surface area (Å²) in [6, 6.07) is 4.87. The number of hydrogen-bond donors (Lipinski definition) is 1. The lowest BCUT2D eigenvalue weighted by Crippen LogP contribution is -2.57. The summed E-state index contributed by atoms with van der Waals surface area (Å²) in [5.41, 5.74) is -0.266. The summed E-state index contributed by atoms with van der Waals surface area (Å²) in [5, 5.41) is 9.40. The number of phenolic OH excluding ortho intramolecular Hbond substituents is 1. The highest BCUT2D eigenvalue weighted by Gasteiger charge is 2.46. The first kappa shape index (κ1) is 19.7. The molecule has 0 bridgehead atoms. The van der Waals surface area contributed by atoms with Gasteiger partial charge >= 0.3 is 12.1 Å². The molecule has 1 aromatic carbocycles. The van der Waals surface area contributed by atoms with Crippen molar-refractivity contribution in [2.75, 3.05) is 18.0 Å². The van der Waals surface area contributed by atoms with Gasteiger partial charge in [-0.05, 0) is 51.5 Å². The number of aromatic hydroxyl groups is 1. The number of likely N-dealkylation sites (tertiary alicyclic amines) is 1. The number of carbonyl (C=O) groups is 4. The van der Waals surface area contributed by atoms with Gasteiger partial charge in [-0.1, -0.05) is 0 Å². The van der Waals surface area contributed by atoms with Crippen molar-refractivity contribution in [1.82, 2.24) is 9.80 Å². The van der Waals surface area contributed by atoms with E-state index in [2.05, 4.69) is 0 Å². The molecule has 1 N–H and O–H groups in total. The number of piperidine rings is 1. The Balaban J connectivity index is 1.77. The van der Waals surface area contributed by atoms with Crippen molar-refractivity contribution in [1.29, 1.82) is 0 Å². The van der Waals surface area contributed by atoms with E-state index < -0.39 is 29.6 Å². The zero-order chi connectivity index (χ0) is 20.6. The van der Waals surface area contributed by atoms with Crippen LogP contribution in [-0.4, -0.2) is 63.6 Å². The maximum Gasteiger partial charge on any atom is 0.424 e. The van der Waals surface area contributed by atoms with Gasteiger partial charge in [-0.2, -0.15) is 4.90 Å². The normalized spacial score (nSPS) is 20.8. The van der Waals surface area contributed by atoms with Gasteiger partial charge < -0.3 is 14.7 Å². The second-order valence-corrected chi connectivity index (χ2v) is 7.75. The topological polar surface area (TPSA) is 107 Å². The minimum Gasteiger partial charge on any atom is -0.508 e. The molecule has 9 nitrogen and oxygen atoms in total. The Kier molecular flexibility index (Phi) is 5.01. The number of nitrogens with zero attached hydrogens (tertiary/aromatic N) is 3. The van der Waals surface area contributed by atoms with Gasteiger partial charge in [0.25, 0.3) is 5.91 Å². The fourth-order valence-electron chi connectivity index (χ4n) is 3.27. The van der Waals surface area contributed by atoms with Crippen LogP contribution in [0.15, 0.2) is 24.3 Å². The molecule has 9 heteroatoms. The first-order valence-electron chi connectivity index (χ1n) is 9.05. The smallest absolute Gasteiger partial charge is 0.424 e. The van der Waals surface area contributed by atoms with Crippen molar-refractivity contribution in [3.05, 3.63) is 24.3 Å². The van der Waals surface area contributed by atoms with E-state index in [1.54, 1.807) is 32.9 Å². The maximum absolute atomic E-state index is 12.8. The van der Waals surface area contributed by atoms with Crippen LogP contribution in [-0.2, 0) is 14.3 Å². The van der Waals surface area contributed by atoms with Crippen LogP contribution in [0.2, 0.25) is 0 Å². The lowest BCUT2D eigenvalue weighted by Gasteiger charge is -2.34. The van der Waals surface area contributed by atoms with Crippen LogP contribution in [0.1, 0.15) is 33.6 Å². The lowest BCUT2D eigenvalue weighted by atomic mass is 10.0. The van der Waals surface area contributed by atoms with Crippen molar-refractivity contribution in [3.63, 3.8) is 0 Å². The van der Waals surface area contributed by atoms with Gasteiger partial charge in [0, 0.05) is 25.2 Å². The van der Waals surface area contributed by atoms with Crippen molar-refractivity contribution in [3.8, 4) is 5.75 Å². The van der Waals surface area contributed by atoms with Crippen molar-refractivity contribution >= 4 is 29.6 Å². The summed E-state index contributed by atoms with van der Waals surface area (Å²) < 4.78 is 5.17. The van der Waals surface area contributed by atoms with Crippen LogP contribution in [0.4, 0.5) is 15.3 Å². The first-order chi connectivity index (χ1) is 13.1. The molecule has 2 aliphatic heterocycles.